The van der Waals surface area contributed by atoms with Crippen LogP contribution in [0.15, 0.2) is 48.2 Å². The first-order valence-corrected chi connectivity index (χ1v) is 8.80. The molecule has 2 N–H and O–H groups in total. The molecule has 134 valence electrons. The van der Waals surface area contributed by atoms with E-state index in [9.17, 15) is 0 Å². The average molecular weight is 361 g/mol. The van der Waals surface area contributed by atoms with Crippen LogP contribution in [0.5, 0.6) is 0 Å². The Morgan fingerprint density at radius 3 is 2.96 bits per heavy atom. The Morgan fingerprint density at radius 2 is 2.24 bits per heavy atom. The molecule has 2 rings (SSSR count). The van der Waals surface area contributed by atoms with Gasteiger partial charge in [-0.15, -0.1) is 16.8 Å². The van der Waals surface area contributed by atoms with E-state index in [1.54, 1.807) is 12.4 Å². The highest BCUT2D eigenvalue weighted by molar-refractivity contribution is 6.31. The van der Waals surface area contributed by atoms with Gasteiger partial charge in [0, 0.05) is 24.5 Å². The molecule has 0 fully saturated rings. The predicted octanol–water partition coefficient (Wildman–Crippen LogP) is 2.98. The summed E-state index contributed by atoms with van der Waals surface area (Å²) in [5, 5.41) is 15.4. The number of hydrogen-bond acceptors (Lipinski definition) is 3. The van der Waals surface area contributed by atoms with Crippen LogP contribution in [0.3, 0.4) is 0 Å². The molecule has 0 saturated carbocycles. The number of nitrogens with zero attached hydrogens (tertiary/aromatic N) is 4. The summed E-state index contributed by atoms with van der Waals surface area (Å²) in [5.41, 5.74) is 1.03. The first-order valence-electron chi connectivity index (χ1n) is 8.42. The molecule has 0 aliphatic heterocycles. The van der Waals surface area contributed by atoms with Crippen molar-refractivity contribution in [3.63, 3.8) is 0 Å². The first kappa shape index (κ1) is 19.0. The summed E-state index contributed by atoms with van der Waals surface area (Å²) in [6, 6.07) is 7.84. The summed E-state index contributed by atoms with van der Waals surface area (Å²) >= 11 is 6.28. The Balaban J connectivity index is 2.02. The van der Waals surface area contributed by atoms with Crippen molar-refractivity contribution < 1.29 is 0 Å². The zero-order valence-corrected chi connectivity index (χ0v) is 15.5. The third-order valence-electron chi connectivity index (χ3n) is 3.76. The molecular weight excluding hydrogens is 336 g/mol. The van der Waals surface area contributed by atoms with E-state index in [4.69, 9.17) is 11.6 Å². The minimum Gasteiger partial charge on any atom is -0.353 e. The summed E-state index contributed by atoms with van der Waals surface area (Å²) in [4.78, 5) is 4.63. The molecule has 25 heavy (non-hydrogen) atoms. The second-order valence-electron chi connectivity index (χ2n) is 5.58. The van der Waals surface area contributed by atoms with Crippen molar-refractivity contribution in [3.05, 3.63) is 59.7 Å². The zero-order chi connectivity index (χ0) is 18.1. The van der Waals surface area contributed by atoms with Gasteiger partial charge < -0.3 is 15.2 Å². The number of aliphatic imine (C=N–C) groups is 1. The Kier molecular flexibility index (Phi) is 7.47. The number of aromatic nitrogens is 3. The molecule has 0 aliphatic carbocycles. The van der Waals surface area contributed by atoms with Gasteiger partial charge in [0.25, 0.3) is 0 Å². The van der Waals surface area contributed by atoms with Gasteiger partial charge in [-0.2, -0.15) is 0 Å². The van der Waals surface area contributed by atoms with Gasteiger partial charge in [0.1, 0.15) is 12.2 Å². The van der Waals surface area contributed by atoms with Crippen LogP contribution >= 0.6 is 11.6 Å². The normalized spacial score (nSPS) is 12.7. The molecule has 1 heterocycles. The Morgan fingerprint density at radius 1 is 1.44 bits per heavy atom. The Labute approximate surface area is 154 Å². The lowest BCUT2D eigenvalue weighted by molar-refractivity contribution is 0.651. The number of benzene rings is 1. The lowest BCUT2D eigenvalue weighted by Crippen LogP contribution is -2.39. The van der Waals surface area contributed by atoms with Crippen LogP contribution in [0, 0.1) is 0 Å². The molecule has 6 nitrogen and oxygen atoms in total. The van der Waals surface area contributed by atoms with E-state index in [0.717, 1.165) is 35.3 Å². The van der Waals surface area contributed by atoms with E-state index in [1.807, 2.05) is 28.8 Å². The van der Waals surface area contributed by atoms with Gasteiger partial charge in [-0.05, 0) is 18.6 Å². The lowest BCUT2D eigenvalue weighted by atomic mass is 10.1. The van der Waals surface area contributed by atoms with E-state index >= 15 is 0 Å². The van der Waals surface area contributed by atoms with E-state index in [-0.39, 0.29) is 6.04 Å². The molecule has 2 aromatic rings. The molecule has 1 atom stereocenters. The fourth-order valence-corrected chi connectivity index (χ4v) is 2.74. The summed E-state index contributed by atoms with van der Waals surface area (Å²) in [6.07, 6.45) is 4.39. The van der Waals surface area contributed by atoms with Crippen LogP contribution in [-0.2, 0) is 13.0 Å². The molecule has 0 spiro atoms. The smallest absolute Gasteiger partial charge is 0.192 e. The Hall–Kier alpha value is -2.34. The SMILES string of the molecule is C=CCNC(=NCCn1cnnc1CC)NC(C)c1ccccc1Cl. The zero-order valence-electron chi connectivity index (χ0n) is 14.7. The molecule has 1 aromatic heterocycles. The highest BCUT2D eigenvalue weighted by Gasteiger charge is 2.10. The third kappa shape index (κ3) is 5.60. The highest BCUT2D eigenvalue weighted by Crippen LogP contribution is 2.21. The van der Waals surface area contributed by atoms with Gasteiger partial charge in [0.2, 0.25) is 0 Å². The van der Waals surface area contributed by atoms with Crippen LogP contribution in [0.25, 0.3) is 0 Å². The van der Waals surface area contributed by atoms with Crippen molar-refractivity contribution in [2.45, 2.75) is 32.9 Å². The van der Waals surface area contributed by atoms with E-state index in [0.29, 0.717) is 13.1 Å². The molecule has 0 amide bonds. The number of nitrogens with one attached hydrogen (secondary N) is 2. The summed E-state index contributed by atoms with van der Waals surface area (Å²) in [6.45, 7) is 9.85. The van der Waals surface area contributed by atoms with Gasteiger partial charge in [-0.3, -0.25) is 4.99 Å². The maximum atomic E-state index is 6.28. The molecule has 0 saturated heterocycles. The van der Waals surface area contributed by atoms with Gasteiger partial charge in [-0.25, -0.2) is 0 Å². The van der Waals surface area contributed by atoms with Crippen molar-refractivity contribution in [1.82, 2.24) is 25.4 Å². The minimum atomic E-state index is 0.0332. The molecule has 0 radical (unpaired) electrons. The van der Waals surface area contributed by atoms with Crippen molar-refractivity contribution in [3.8, 4) is 0 Å². The van der Waals surface area contributed by atoms with Gasteiger partial charge in [0.15, 0.2) is 5.96 Å². The fraction of sp³-hybridized carbons (Fsp3) is 0.389. The van der Waals surface area contributed by atoms with Crippen LogP contribution < -0.4 is 10.6 Å². The number of aryl methyl sites for hydroxylation is 1. The largest absolute Gasteiger partial charge is 0.353 e. The first-order chi connectivity index (χ1) is 12.2. The molecule has 1 unspecified atom stereocenters. The highest BCUT2D eigenvalue weighted by atomic mass is 35.5. The topological polar surface area (TPSA) is 67.1 Å². The number of hydrogen-bond donors (Lipinski definition) is 2. The van der Waals surface area contributed by atoms with Crippen LogP contribution in [0.1, 0.15) is 31.3 Å². The lowest BCUT2D eigenvalue weighted by Gasteiger charge is -2.19. The predicted molar refractivity (Wildman–Crippen MR) is 103 cm³/mol. The minimum absolute atomic E-state index is 0.0332. The molecule has 0 bridgehead atoms. The number of halogens is 1. The summed E-state index contributed by atoms with van der Waals surface area (Å²) < 4.78 is 2.02. The third-order valence-corrected chi connectivity index (χ3v) is 4.11. The van der Waals surface area contributed by atoms with Crippen molar-refractivity contribution in [2.24, 2.45) is 4.99 Å². The van der Waals surface area contributed by atoms with Crippen molar-refractivity contribution >= 4 is 17.6 Å². The molecule has 1 aromatic carbocycles. The maximum Gasteiger partial charge on any atom is 0.192 e. The van der Waals surface area contributed by atoms with Crippen molar-refractivity contribution in [2.75, 3.05) is 13.1 Å². The molecular formula is C18H25ClN6. The second-order valence-corrected chi connectivity index (χ2v) is 5.99. The van der Waals surface area contributed by atoms with Crippen LogP contribution in [0.4, 0.5) is 0 Å². The quantitative estimate of drug-likeness (QED) is 0.431. The van der Waals surface area contributed by atoms with Gasteiger partial charge in [-0.1, -0.05) is 42.8 Å². The average Bonchev–Trinajstić information content (AvgIpc) is 3.07. The van der Waals surface area contributed by atoms with Crippen LogP contribution in [-0.4, -0.2) is 33.8 Å². The van der Waals surface area contributed by atoms with Gasteiger partial charge >= 0.3 is 0 Å². The Bertz CT molecular complexity index is 709. The van der Waals surface area contributed by atoms with Crippen LogP contribution in [0.2, 0.25) is 5.02 Å². The number of guanidine groups is 1. The fourth-order valence-electron chi connectivity index (χ4n) is 2.44. The van der Waals surface area contributed by atoms with E-state index in [1.165, 1.54) is 0 Å². The second kappa shape index (κ2) is 9.84. The summed E-state index contributed by atoms with van der Waals surface area (Å²) in [7, 11) is 0. The van der Waals surface area contributed by atoms with Crippen molar-refractivity contribution in [1.29, 1.82) is 0 Å². The number of rotatable bonds is 8. The standard InChI is InChI=1S/C18H25ClN6/c1-4-10-20-18(21-11-12-25-13-22-24-17(25)5-2)23-14(3)15-8-6-7-9-16(15)19/h4,6-9,13-14H,1,5,10-12H2,2-3H3,(H2,20,21,23). The summed E-state index contributed by atoms with van der Waals surface area (Å²) in [5.74, 6) is 1.69. The monoisotopic (exact) mass is 360 g/mol. The van der Waals surface area contributed by atoms with E-state index < -0.39 is 0 Å². The van der Waals surface area contributed by atoms with E-state index in [2.05, 4.69) is 46.2 Å². The molecule has 7 heteroatoms. The van der Waals surface area contributed by atoms with Gasteiger partial charge in [0.05, 0.1) is 12.6 Å². The molecule has 0 aliphatic rings. The maximum absolute atomic E-state index is 6.28.